The molecule has 1 aliphatic rings. The first-order valence-corrected chi connectivity index (χ1v) is 6.73. The molecule has 0 spiro atoms. The second kappa shape index (κ2) is 6.13. The summed E-state index contributed by atoms with van der Waals surface area (Å²) < 4.78 is 5.41. The molecule has 1 aliphatic carbocycles. The molecule has 0 bridgehead atoms. The van der Waals surface area contributed by atoms with Gasteiger partial charge in [-0.3, -0.25) is 4.79 Å². The molecule has 0 aliphatic heterocycles. The van der Waals surface area contributed by atoms with Gasteiger partial charge in [-0.25, -0.2) is 9.97 Å². The number of carbonyl (C=O) groups excluding carboxylic acids is 1. The van der Waals surface area contributed by atoms with Crippen molar-refractivity contribution in [1.82, 2.24) is 9.97 Å². The van der Waals surface area contributed by atoms with Gasteiger partial charge in [-0.2, -0.15) is 0 Å². The van der Waals surface area contributed by atoms with Gasteiger partial charge in [0.2, 0.25) is 5.78 Å². The number of allylic oxidation sites excluding steroid dienone is 4. The fraction of sp³-hybridized carbons (Fsp3) is 0.118. The first-order chi connectivity index (χ1) is 10.3. The summed E-state index contributed by atoms with van der Waals surface area (Å²) in [4.78, 5) is 20.0. The van der Waals surface area contributed by atoms with Crippen LogP contribution in [-0.4, -0.2) is 15.8 Å². The Morgan fingerprint density at radius 2 is 1.76 bits per heavy atom. The van der Waals surface area contributed by atoms with Crippen LogP contribution in [0.3, 0.4) is 0 Å². The second-order valence-electron chi connectivity index (χ2n) is 4.75. The molecular formula is C17H14N2O2. The van der Waals surface area contributed by atoms with E-state index in [4.69, 9.17) is 4.74 Å². The van der Waals surface area contributed by atoms with Crippen LogP contribution in [0.1, 0.15) is 12.0 Å². The molecule has 4 heteroatoms. The van der Waals surface area contributed by atoms with Crippen molar-refractivity contribution in [2.45, 2.75) is 12.8 Å². The predicted molar refractivity (Wildman–Crippen MR) is 78.6 cm³/mol. The zero-order chi connectivity index (χ0) is 14.5. The molecule has 0 atom stereocenters. The van der Waals surface area contributed by atoms with Gasteiger partial charge in [0.1, 0.15) is 0 Å². The van der Waals surface area contributed by atoms with Crippen LogP contribution >= 0.6 is 0 Å². The molecule has 0 radical (unpaired) electrons. The summed E-state index contributed by atoms with van der Waals surface area (Å²) in [6, 6.07) is 12.0. The molecule has 1 aromatic heterocycles. The van der Waals surface area contributed by atoms with Crippen LogP contribution in [0.25, 0.3) is 0 Å². The quantitative estimate of drug-likeness (QED) is 0.863. The lowest BCUT2D eigenvalue weighted by molar-refractivity contribution is -0.117. The predicted octanol–water partition coefficient (Wildman–Crippen LogP) is 2.88. The molecule has 4 nitrogen and oxygen atoms in total. The molecule has 0 N–H and O–H groups in total. The number of ether oxygens (including phenoxy) is 1. The molecule has 0 saturated heterocycles. The van der Waals surface area contributed by atoms with E-state index in [0.29, 0.717) is 6.42 Å². The maximum atomic E-state index is 12.1. The highest BCUT2D eigenvalue weighted by atomic mass is 16.5. The lowest BCUT2D eigenvalue weighted by Crippen LogP contribution is -2.14. The van der Waals surface area contributed by atoms with Crippen molar-refractivity contribution in [3.63, 3.8) is 0 Å². The van der Waals surface area contributed by atoms with E-state index in [2.05, 4.69) is 22.1 Å². The zero-order valence-electron chi connectivity index (χ0n) is 11.4. The van der Waals surface area contributed by atoms with Crippen LogP contribution in [0.2, 0.25) is 0 Å². The minimum atomic E-state index is -0.0455. The van der Waals surface area contributed by atoms with Crippen molar-refractivity contribution in [1.29, 1.82) is 0 Å². The van der Waals surface area contributed by atoms with Crippen molar-refractivity contribution in [2.24, 2.45) is 0 Å². The molecule has 1 heterocycles. The number of aromatic nitrogens is 2. The molecule has 0 amide bonds. The standard InChI is InChI=1S/C17H14N2O2/c20-15-12-14(11-13-5-2-1-3-6-13)7-8-16(15)21-17-18-9-4-10-19-17/h1-10H,11-12H2. The minimum absolute atomic E-state index is 0.0455. The SMILES string of the molecule is O=C1CC(Cc2ccccc2)=CC=C1Oc1ncccn1. The molecule has 0 fully saturated rings. The first-order valence-electron chi connectivity index (χ1n) is 6.73. The van der Waals surface area contributed by atoms with E-state index in [1.54, 1.807) is 24.5 Å². The van der Waals surface area contributed by atoms with Gasteiger partial charge >= 0.3 is 6.01 Å². The minimum Gasteiger partial charge on any atom is -0.420 e. The van der Waals surface area contributed by atoms with E-state index < -0.39 is 0 Å². The summed E-state index contributed by atoms with van der Waals surface area (Å²) in [6.45, 7) is 0. The van der Waals surface area contributed by atoms with E-state index in [0.717, 1.165) is 12.0 Å². The highest BCUT2D eigenvalue weighted by Crippen LogP contribution is 2.20. The Hall–Kier alpha value is -2.75. The molecule has 0 saturated carbocycles. The number of ketones is 1. The van der Waals surface area contributed by atoms with E-state index in [9.17, 15) is 4.79 Å². The summed E-state index contributed by atoms with van der Waals surface area (Å²) in [5.41, 5.74) is 2.27. The van der Waals surface area contributed by atoms with E-state index in [1.165, 1.54) is 5.56 Å². The summed E-state index contributed by atoms with van der Waals surface area (Å²) in [5.74, 6) is 0.244. The number of rotatable bonds is 4. The summed E-state index contributed by atoms with van der Waals surface area (Å²) >= 11 is 0. The second-order valence-corrected chi connectivity index (χ2v) is 4.75. The summed E-state index contributed by atoms with van der Waals surface area (Å²) in [5, 5.41) is 0. The molecule has 21 heavy (non-hydrogen) atoms. The first kappa shape index (κ1) is 13.2. The van der Waals surface area contributed by atoms with Crippen molar-refractivity contribution in [2.75, 3.05) is 0 Å². The van der Waals surface area contributed by atoms with Gasteiger partial charge in [0.15, 0.2) is 5.76 Å². The molecular weight excluding hydrogens is 264 g/mol. The molecule has 2 aromatic rings. The van der Waals surface area contributed by atoms with E-state index >= 15 is 0 Å². The van der Waals surface area contributed by atoms with Crippen molar-refractivity contribution >= 4 is 5.78 Å². The third kappa shape index (κ3) is 3.42. The maximum absolute atomic E-state index is 12.1. The van der Waals surface area contributed by atoms with Gasteiger partial charge in [0, 0.05) is 18.8 Å². The normalized spacial score (nSPS) is 14.4. The Morgan fingerprint density at radius 3 is 2.48 bits per heavy atom. The lowest BCUT2D eigenvalue weighted by Gasteiger charge is -2.13. The Morgan fingerprint density at radius 1 is 1.00 bits per heavy atom. The highest BCUT2D eigenvalue weighted by Gasteiger charge is 2.18. The fourth-order valence-electron chi connectivity index (χ4n) is 2.15. The number of nitrogens with zero attached hydrogens (tertiary/aromatic N) is 2. The third-order valence-electron chi connectivity index (χ3n) is 3.15. The fourth-order valence-corrected chi connectivity index (χ4v) is 2.15. The lowest BCUT2D eigenvalue weighted by atomic mass is 9.96. The van der Waals surface area contributed by atoms with Crippen LogP contribution in [0, 0.1) is 0 Å². The van der Waals surface area contributed by atoms with Gasteiger partial charge < -0.3 is 4.74 Å². The molecule has 0 unspecified atom stereocenters. The van der Waals surface area contributed by atoms with Crippen molar-refractivity contribution < 1.29 is 9.53 Å². The number of carbonyl (C=O) groups is 1. The number of hydrogen-bond acceptors (Lipinski definition) is 4. The Kier molecular flexibility index (Phi) is 3.87. The number of hydrogen-bond donors (Lipinski definition) is 0. The third-order valence-corrected chi connectivity index (χ3v) is 3.15. The number of Topliss-reactive ketones (excluding diaryl/α,β-unsaturated/α-hetero) is 1. The monoisotopic (exact) mass is 278 g/mol. The van der Waals surface area contributed by atoms with Crippen molar-refractivity contribution in [3.8, 4) is 6.01 Å². The molecule has 3 rings (SSSR count). The Balaban J connectivity index is 1.72. The molecule has 104 valence electrons. The van der Waals surface area contributed by atoms with Gasteiger partial charge in [0.05, 0.1) is 0 Å². The Labute approximate surface area is 122 Å². The maximum Gasteiger partial charge on any atom is 0.321 e. The highest BCUT2D eigenvalue weighted by molar-refractivity contribution is 5.97. The van der Waals surface area contributed by atoms with E-state index in [-0.39, 0.29) is 17.6 Å². The van der Waals surface area contributed by atoms with Crippen molar-refractivity contribution in [3.05, 3.63) is 77.8 Å². The number of benzene rings is 1. The topological polar surface area (TPSA) is 52.1 Å². The largest absolute Gasteiger partial charge is 0.420 e. The molecule has 1 aromatic carbocycles. The van der Waals surface area contributed by atoms with E-state index in [1.807, 2.05) is 24.3 Å². The van der Waals surface area contributed by atoms with Crippen LogP contribution in [0.4, 0.5) is 0 Å². The zero-order valence-corrected chi connectivity index (χ0v) is 11.4. The van der Waals surface area contributed by atoms with Crippen LogP contribution in [-0.2, 0) is 11.2 Å². The smallest absolute Gasteiger partial charge is 0.321 e. The summed E-state index contributed by atoms with van der Waals surface area (Å²) in [7, 11) is 0. The van der Waals surface area contributed by atoms with Crippen LogP contribution < -0.4 is 4.74 Å². The van der Waals surface area contributed by atoms with Crippen LogP contribution in [0.5, 0.6) is 6.01 Å². The van der Waals surface area contributed by atoms with Crippen LogP contribution in [0.15, 0.2) is 72.3 Å². The Bertz CT molecular complexity index is 691. The summed E-state index contributed by atoms with van der Waals surface area (Å²) in [6.07, 6.45) is 7.93. The van der Waals surface area contributed by atoms with Gasteiger partial charge in [0.25, 0.3) is 0 Å². The van der Waals surface area contributed by atoms with Gasteiger partial charge in [-0.15, -0.1) is 0 Å². The van der Waals surface area contributed by atoms with Gasteiger partial charge in [-0.1, -0.05) is 42.0 Å². The average molecular weight is 278 g/mol. The average Bonchev–Trinajstić information content (AvgIpc) is 2.52. The van der Waals surface area contributed by atoms with Gasteiger partial charge in [-0.05, 0) is 24.1 Å².